The first kappa shape index (κ1) is 21.4. The SMILES string of the molecule is CC(C)(C)C(=O)NCCCC(=O)NCC(C)(C)N1CCc2ccccc2C1. The predicted molar refractivity (Wildman–Crippen MR) is 109 cm³/mol. The molecule has 0 bridgehead atoms. The Morgan fingerprint density at radius 2 is 1.70 bits per heavy atom. The van der Waals surface area contributed by atoms with E-state index in [4.69, 9.17) is 0 Å². The van der Waals surface area contributed by atoms with Crippen molar-refractivity contribution in [2.75, 3.05) is 19.6 Å². The van der Waals surface area contributed by atoms with Gasteiger partial charge in [-0.3, -0.25) is 14.5 Å². The fourth-order valence-electron chi connectivity index (χ4n) is 3.24. The van der Waals surface area contributed by atoms with E-state index >= 15 is 0 Å². The first-order chi connectivity index (χ1) is 12.6. The molecular formula is C22H35N3O2. The number of nitrogens with one attached hydrogen (secondary N) is 2. The molecule has 0 aliphatic carbocycles. The molecule has 2 amide bonds. The molecule has 150 valence electrons. The minimum atomic E-state index is -0.390. The first-order valence-corrected chi connectivity index (χ1v) is 9.96. The molecule has 2 N–H and O–H groups in total. The van der Waals surface area contributed by atoms with E-state index in [-0.39, 0.29) is 22.8 Å². The van der Waals surface area contributed by atoms with Crippen LogP contribution < -0.4 is 10.6 Å². The molecule has 0 atom stereocenters. The van der Waals surface area contributed by atoms with Crippen LogP contribution in [0.25, 0.3) is 0 Å². The Labute approximate surface area is 163 Å². The summed E-state index contributed by atoms with van der Waals surface area (Å²) in [6, 6.07) is 8.60. The number of nitrogens with zero attached hydrogens (tertiary/aromatic N) is 1. The summed E-state index contributed by atoms with van der Waals surface area (Å²) in [6.07, 6.45) is 2.15. The van der Waals surface area contributed by atoms with Gasteiger partial charge in [0.1, 0.15) is 0 Å². The van der Waals surface area contributed by atoms with Crippen LogP contribution in [0.2, 0.25) is 0 Å². The van der Waals surface area contributed by atoms with E-state index in [1.807, 2.05) is 20.8 Å². The van der Waals surface area contributed by atoms with Crippen molar-refractivity contribution in [2.45, 2.75) is 66.0 Å². The third-order valence-electron chi connectivity index (χ3n) is 5.25. The molecule has 5 nitrogen and oxygen atoms in total. The topological polar surface area (TPSA) is 61.4 Å². The average molecular weight is 374 g/mol. The van der Waals surface area contributed by atoms with Crippen molar-refractivity contribution in [2.24, 2.45) is 5.41 Å². The fourth-order valence-corrected chi connectivity index (χ4v) is 3.24. The number of carbonyl (C=O) groups excluding carboxylic acids is 2. The zero-order chi connectivity index (χ0) is 20.1. The van der Waals surface area contributed by atoms with Gasteiger partial charge in [0.15, 0.2) is 0 Å². The normalized spacial score (nSPS) is 15.1. The highest BCUT2D eigenvalue weighted by molar-refractivity contribution is 5.81. The molecule has 0 fully saturated rings. The summed E-state index contributed by atoms with van der Waals surface area (Å²) in [7, 11) is 0. The van der Waals surface area contributed by atoms with Gasteiger partial charge in [0.25, 0.3) is 0 Å². The van der Waals surface area contributed by atoms with Gasteiger partial charge in [0, 0.05) is 43.6 Å². The van der Waals surface area contributed by atoms with Crippen molar-refractivity contribution in [1.82, 2.24) is 15.5 Å². The number of benzene rings is 1. The van der Waals surface area contributed by atoms with E-state index in [9.17, 15) is 9.59 Å². The lowest BCUT2D eigenvalue weighted by molar-refractivity contribution is -0.128. The van der Waals surface area contributed by atoms with E-state index in [0.29, 0.717) is 25.9 Å². The molecule has 0 unspecified atom stereocenters. The number of carbonyl (C=O) groups is 2. The zero-order valence-corrected chi connectivity index (χ0v) is 17.5. The summed E-state index contributed by atoms with van der Waals surface area (Å²) in [5.74, 6) is 0.0694. The molecule has 1 heterocycles. The molecule has 0 radical (unpaired) electrons. The van der Waals surface area contributed by atoms with Crippen LogP contribution in [0, 0.1) is 5.41 Å². The summed E-state index contributed by atoms with van der Waals surface area (Å²) in [4.78, 5) is 26.4. The number of rotatable bonds is 7. The van der Waals surface area contributed by atoms with Gasteiger partial charge in [0.05, 0.1) is 0 Å². The van der Waals surface area contributed by atoms with Crippen LogP contribution in [0.1, 0.15) is 58.6 Å². The zero-order valence-electron chi connectivity index (χ0n) is 17.5. The highest BCUT2D eigenvalue weighted by Gasteiger charge is 2.30. The largest absolute Gasteiger partial charge is 0.356 e. The minimum Gasteiger partial charge on any atom is -0.356 e. The molecular weight excluding hydrogens is 338 g/mol. The first-order valence-electron chi connectivity index (χ1n) is 9.96. The van der Waals surface area contributed by atoms with Crippen molar-refractivity contribution in [3.05, 3.63) is 35.4 Å². The molecule has 1 aliphatic rings. The van der Waals surface area contributed by atoms with Crippen molar-refractivity contribution < 1.29 is 9.59 Å². The van der Waals surface area contributed by atoms with E-state index in [0.717, 1.165) is 19.5 Å². The molecule has 0 saturated heterocycles. The lowest BCUT2D eigenvalue weighted by Gasteiger charge is -2.41. The Morgan fingerprint density at radius 3 is 2.37 bits per heavy atom. The molecule has 1 aromatic carbocycles. The molecule has 0 spiro atoms. The second-order valence-electron chi connectivity index (χ2n) is 9.14. The summed E-state index contributed by atoms with van der Waals surface area (Å²) >= 11 is 0. The van der Waals surface area contributed by atoms with Gasteiger partial charge in [-0.05, 0) is 37.8 Å². The highest BCUT2D eigenvalue weighted by atomic mass is 16.2. The molecule has 27 heavy (non-hydrogen) atoms. The van der Waals surface area contributed by atoms with Gasteiger partial charge < -0.3 is 10.6 Å². The standard InChI is InChI=1S/C22H35N3O2/c1-21(2,3)20(27)23-13-8-11-19(26)24-16-22(4,5)25-14-12-17-9-6-7-10-18(17)15-25/h6-7,9-10H,8,11-16H2,1-5H3,(H,23,27)(H,24,26). The quantitative estimate of drug-likeness (QED) is 0.723. The third kappa shape index (κ3) is 6.35. The van der Waals surface area contributed by atoms with Crippen LogP contribution in [0.15, 0.2) is 24.3 Å². The number of amides is 2. The van der Waals surface area contributed by atoms with Gasteiger partial charge in [-0.2, -0.15) is 0 Å². The van der Waals surface area contributed by atoms with Gasteiger partial charge in [0.2, 0.25) is 11.8 Å². The monoisotopic (exact) mass is 373 g/mol. The second kappa shape index (κ2) is 8.87. The average Bonchev–Trinajstić information content (AvgIpc) is 2.62. The lowest BCUT2D eigenvalue weighted by atomic mass is 9.94. The van der Waals surface area contributed by atoms with Crippen molar-refractivity contribution >= 4 is 11.8 Å². The summed E-state index contributed by atoms with van der Waals surface area (Å²) < 4.78 is 0. The van der Waals surface area contributed by atoms with Gasteiger partial charge in [-0.1, -0.05) is 45.0 Å². The molecule has 1 aromatic rings. The molecule has 0 saturated carbocycles. The van der Waals surface area contributed by atoms with Crippen molar-refractivity contribution in [3.8, 4) is 0 Å². The van der Waals surface area contributed by atoms with Crippen LogP contribution in [0.5, 0.6) is 0 Å². The van der Waals surface area contributed by atoms with E-state index in [2.05, 4.69) is 53.6 Å². The van der Waals surface area contributed by atoms with Gasteiger partial charge >= 0.3 is 0 Å². The summed E-state index contributed by atoms with van der Waals surface area (Å²) in [6.45, 7) is 13.1. The molecule has 5 heteroatoms. The Kier molecular flexibility index (Phi) is 7.04. The molecule has 2 rings (SSSR count). The van der Waals surface area contributed by atoms with Crippen molar-refractivity contribution in [3.63, 3.8) is 0 Å². The van der Waals surface area contributed by atoms with Crippen LogP contribution >= 0.6 is 0 Å². The number of fused-ring (bicyclic) bond motifs is 1. The maximum Gasteiger partial charge on any atom is 0.225 e. The summed E-state index contributed by atoms with van der Waals surface area (Å²) in [5, 5.41) is 5.95. The summed E-state index contributed by atoms with van der Waals surface area (Å²) in [5.41, 5.74) is 2.34. The van der Waals surface area contributed by atoms with Gasteiger partial charge in [-0.25, -0.2) is 0 Å². The Hall–Kier alpha value is -1.88. The maximum absolute atomic E-state index is 12.2. The maximum atomic E-state index is 12.2. The van der Waals surface area contributed by atoms with E-state index in [1.165, 1.54) is 11.1 Å². The predicted octanol–water partition coefficient (Wildman–Crippen LogP) is 2.88. The second-order valence-corrected chi connectivity index (χ2v) is 9.14. The third-order valence-corrected chi connectivity index (χ3v) is 5.25. The van der Waals surface area contributed by atoms with E-state index in [1.54, 1.807) is 0 Å². The fraction of sp³-hybridized carbons (Fsp3) is 0.636. The highest BCUT2D eigenvalue weighted by Crippen LogP contribution is 2.24. The molecule has 0 aromatic heterocycles. The minimum absolute atomic E-state index is 0.0226. The smallest absolute Gasteiger partial charge is 0.225 e. The Bertz CT molecular complexity index is 662. The van der Waals surface area contributed by atoms with Crippen LogP contribution in [0.3, 0.4) is 0 Å². The Morgan fingerprint density at radius 1 is 1.04 bits per heavy atom. The lowest BCUT2D eigenvalue weighted by Crippen LogP contribution is -2.53. The molecule has 1 aliphatic heterocycles. The Balaban J connectivity index is 1.72. The van der Waals surface area contributed by atoms with Crippen LogP contribution in [0.4, 0.5) is 0 Å². The number of hydrogen-bond donors (Lipinski definition) is 2. The number of hydrogen-bond acceptors (Lipinski definition) is 3. The van der Waals surface area contributed by atoms with E-state index < -0.39 is 0 Å². The van der Waals surface area contributed by atoms with Crippen molar-refractivity contribution in [1.29, 1.82) is 0 Å². The van der Waals surface area contributed by atoms with Gasteiger partial charge in [-0.15, -0.1) is 0 Å². The van der Waals surface area contributed by atoms with Crippen LogP contribution in [-0.2, 0) is 22.6 Å². The van der Waals surface area contributed by atoms with Crippen LogP contribution in [-0.4, -0.2) is 41.9 Å².